The minimum absolute atomic E-state index is 0. The van der Waals surface area contributed by atoms with Crippen molar-refractivity contribution in [2.75, 3.05) is 44.7 Å². The lowest BCUT2D eigenvalue weighted by Gasteiger charge is -2.32. The van der Waals surface area contributed by atoms with Crippen LogP contribution in [0.5, 0.6) is 0 Å². The van der Waals surface area contributed by atoms with Crippen molar-refractivity contribution >= 4 is 24.0 Å². The summed E-state index contributed by atoms with van der Waals surface area (Å²) in [6.45, 7) is 4.61. The molecule has 1 N–H and O–H groups in total. The highest BCUT2D eigenvalue weighted by atomic mass is 35.5. The van der Waals surface area contributed by atoms with Crippen LogP contribution in [-0.4, -0.2) is 50.6 Å². The fraction of sp³-hybridized carbons (Fsp3) is 0.588. The van der Waals surface area contributed by atoms with Crippen LogP contribution in [-0.2, 0) is 11.2 Å². The molecule has 0 radical (unpaired) electrons. The second-order valence-electron chi connectivity index (χ2n) is 6.20. The standard InChI is InChI=1S/C17H25N3O.ClH/c1-18-12-14-6-9-19(10-7-14)13-17(21)20-11-8-15-4-2-3-5-16(15)20;/h2-5,14,18H,6-13H2,1H3;1H. The second kappa shape index (κ2) is 7.95. The first kappa shape index (κ1) is 17.3. The maximum Gasteiger partial charge on any atom is 0.241 e. The van der Waals surface area contributed by atoms with E-state index in [1.54, 1.807) is 0 Å². The summed E-state index contributed by atoms with van der Waals surface area (Å²) in [7, 11) is 2.01. The Bertz CT molecular complexity index is 500. The normalized spacial score (nSPS) is 18.9. The number of fused-ring (bicyclic) bond motifs is 1. The van der Waals surface area contributed by atoms with Crippen LogP contribution in [0.25, 0.3) is 0 Å². The highest BCUT2D eigenvalue weighted by Crippen LogP contribution is 2.27. The molecule has 1 aromatic rings. The molecule has 1 amide bonds. The zero-order chi connectivity index (χ0) is 14.7. The molecule has 0 saturated carbocycles. The van der Waals surface area contributed by atoms with Gasteiger partial charge in [-0.2, -0.15) is 0 Å². The summed E-state index contributed by atoms with van der Waals surface area (Å²) in [6, 6.07) is 8.28. The van der Waals surface area contributed by atoms with Crippen LogP contribution in [0, 0.1) is 5.92 Å². The van der Waals surface area contributed by atoms with Gasteiger partial charge in [-0.25, -0.2) is 0 Å². The highest BCUT2D eigenvalue weighted by Gasteiger charge is 2.27. The van der Waals surface area contributed by atoms with E-state index in [9.17, 15) is 4.79 Å². The van der Waals surface area contributed by atoms with Gasteiger partial charge in [0.05, 0.1) is 6.54 Å². The van der Waals surface area contributed by atoms with Gasteiger partial charge in [0.25, 0.3) is 0 Å². The molecule has 0 spiro atoms. The summed E-state index contributed by atoms with van der Waals surface area (Å²) >= 11 is 0. The fourth-order valence-electron chi connectivity index (χ4n) is 3.51. The summed E-state index contributed by atoms with van der Waals surface area (Å²) in [5.41, 5.74) is 2.42. The van der Waals surface area contributed by atoms with Crippen molar-refractivity contribution in [3.8, 4) is 0 Å². The molecule has 1 aromatic carbocycles. The van der Waals surface area contributed by atoms with Crippen LogP contribution in [0.15, 0.2) is 24.3 Å². The van der Waals surface area contributed by atoms with Crippen LogP contribution in [0.3, 0.4) is 0 Å². The number of nitrogens with zero attached hydrogens (tertiary/aromatic N) is 2. The number of nitrogens with one attached hydrogen (secondary N) is 1. The topological polar surface area (TPSA) is 35.6 Å². The van der Waals surface area contributed by atoms with Crippen LogP contribution in [0.2, 0.25) is 0 Å². The smallest absolute Gasteiger partial charge is 0.241 e. The van der Waals surface area contributed by atoms with E-state index in [-0.39, 0.29) is 18.3 Å². The van der Waals surface area contributed by atoms with Crippen LogP contribution in [0.4, 0.5) is 5.69 Å². The van der Waals surface area contributed by atoms with Crippen molar-refractivity contribution in [3.63, 3.8) is 0 Å². The van der Waals surface area contributed by atoms with E-state index < -0.39 is 0 Å². The number of amides is 1. The molecule has 2 aliphatic rings. The van der Waals surface area contributed by atoms with Crippen LogP contribution in [0.1, 0.15) is 18.4 Å². The fourth-order valence-corrected chi connectivity index (χ4v) is 3.51. The summed E-state index contributed by atoms with van der Waals surface area (Å²) in [5.74, 6) is 1.03. The first-order valence-corrected chi connectivity index (χ1v) is 8.03. The minimum atomic E-state index is 0. The largest absolute Gasteiger partial charge is 0.319 e. The third kappa shape index (κ3) is 3.80. The number of rotatable bonds is 4. The van der Waals surface area contributed by atoms with E-state index in [0.29, 0.717) is 6.54 Å². The monoisotopic (exact) mass is 323 g/mol. The van der Waals surface area contributed by atoms with Gasteiger partial charge in [-0.3, -0.25) is 9.69 Å². The minimum Gasteiger partial charge on any atom is -0.319 e. The first-order valence-electron chi connectivity index (χ1n) is 8.03. The van der Waals surface area contributed by atoms with E-state index in [2.05, 4.69) is 28.4 Å². The number of para-hydroxylation sites is 1. The molecule has 3 rings (SSSR count). The van der Waals surface area contributed by atoms with Gasteiger partial charge in [-0.05, 0) is 63.5 Å². The molecule has 0 aliphatic carbocycles. The Balaban J connectivity index is 0.00000176. The Hall–Kier alpha value is -1.10. The molecule has 1 saturated heterocycles. The Morgan fingerprint density at radius 2 is 1.95 bits per heavy atom. The number of halogens is 1. The maximum atomic E-state index is 12.6. The van der Waals surface area contributed by atoms with Gasteiger partial charge in [0.15, 0.2) is 0 Å². The Morgan fingerprint density at radius 1 is 1.23 bits per heavy atom. The van der Waals surface area contributed by atoms with E-state index in [1.165, 1.54) is 18.4 Å². The van der Waals surface area contributed by atoms with Crippen molar-refractivity contribution < 1.29 is 4.79 Å². The van der Waals surface area contributed by atoms with Gasteiger partial charge in [-0.1, -0.05) is 18.2 Å². The Kier molecular flexibility index (Phi) is 6.24. The third-order valence-corrected chi connectivity index (χ3v) is 4.75. The number of hydrogen-bond acceptors (Lipinski definition) is 3. The average molecular weight is 324 g/mol. The van der Waals surface area contributed by atoms with Crippen molar-refractivity contribution in [1.29, 1.82) is 0 Å². The van der Waals surface area contributed by atoms with Gasteiger partial charge in [0.1, 0.15) is 0 Å². The SMILES string of the molecule is CNCC1CCN(CC(=O)N2CCc3ccccc32)CC1.Cl. The molecular formula is C17H26ClN3O. The molecule has 0 aromatic heterocycles. The number of carbonyl (C=O) groups excluding carboxylic acids is 1. The number of anilines is 1. The van der Waals surface area contributed by atoms with E-state index in [1.807, 2.05) is 18.0 Å². The molecule has 0 bridgehead atoms. The number of likely N-dealkylation sites (tertiary alicyclic amines) is 1. The maximum absolute atomic E-state index is 12.6. The lowest BCUT2D eigenvalue weighted by Crippen LogP contribution is -2.44. The van der Waals surface area contributed by atoms with Gasteiger partial charge in [0, 0.05) is 12.2 Å². The number of benzene rings is 1. The van der Waals surface area contributed by atoms with Crippen LogP contribution >= 0.6 is 12.4 Å². The molecule has 0 unspecified atom stereocenters. The lowest BCUT2D eigenvalue weighted by atomic mass is 9.97. The predicted molar refractivity (Wildman–Crippen MR) is 92.8 cm³/mol. The van der Waals surface area contributed by atoms with Crippen molar-refractivity contribution in [2.45, 2.75) is 19.3 Å². The van der Waals surface area contributed by atoms with Gasteiger partial charge >= 0.3 is 0 Å². The predicted octanol–water partition coefficient (Wildman–Crippen LogP) is 1.93. The molecule has 4 nitrogen and oxygen atoms in total. The molecule has 2 aliphatic heterocycles. The first-order chi connectivity index (χ1) is 10.3. The lowest BCUT2D eigenvalue weighted by molar-refractivity contribution is -0.120. The zero-order valence-electron chi connectivity index (χ0n) is 13.3. The summed E-state index contributed by atoms with van der Waals surface area (Å²) in [6.07, 6.45) is 3.39. The second-order valence-corrected chi connectivity index (χ2v) is 6.20. The molecule has 0 atom stereocenters. The zero-order valence-corrected chi connectivity index (χ0v) is 14.1. The molecule has 2 heterocycles. The average Bonchev–Trinajstić information content (AvgIpc) is 2.93. The number of piperidine rings is 1. The van der Waals surface area contributed by atoms with Crippen molar-refractivity contribution in [2.24, 2.45) is 5.92 Å². The molecule has 5 heteroatoms. The van der Waals surface area contributed by atoms with E-state index >= 15 is 0 Å². The molecule has 1 fully saturated rings. The van der Waals surface area contributed by atoms with Gasteiger partial charge in [0.2, 0.25) is 5.91 Å². The highest BCUT2D eigenvalue weighted by molar-refractivity contribution is 5.96. The Morgan fingerprint density at radius 3 is 2.68 bits per heavy atom. The molecular weight excluding hydrogens is 298 g/mol. The van der Waals surface area contributed by atoms with Gasteiger partial charge in [-0.15, -0.1) is 12.4 Å². The summed E-state index contributed by atoms with van der Waals surface area (Å²) in [4.78, 5) is 16.8. The summed E-state index contributed by atoms with van der Waals surface area (Å²) in [5, 5.41) is 3.26. The number of carbonyl (C=O) groups is 1. The number of hydrogen-bond donors (Lipinski definition) is 1. The van der Waals surface area contributed by atoms with E-state index in [4.69, 9.17) is 0 Å². The van der Waals surface area contributed by atoms with Crippen molar-refractivity contribution in [1.82, 2.24) is 10.2 Å². The quantitative estimate of drug-likeness (QED) is 0.919. The van der Waals surface area contributed by atoms with E-state index in [0.717, 1.165) is 44.2 Å². The Labute approximate surface area is 139 Å². The van der Waals surface area contributed by atoms with Gasteiger partial charge < -0.3 is 10.2 Å². The summed E-state index contributed by atoms with van der Waals surface area (Å²) < 4.78 is 0. The molecule has 122 valence electrons. The van der Waals surface area contributed by atoms with Crippen LogP contribution < -0.4 is 10.2 Å². The molecule has 22 heavy (non-hydrogen) atoms. The third-order valence-electron chi connectivity index (χ3n) is 4.75. The van der Waals surface area contributed by atoms with Crippen molar-refractivity contribution in [3.05, 3.63) is 29.8 Å².